The number of unbranched alkanes of at least 4 members (excludes halogenated alkanes) is 1. The molecule has 3 aliphatic rings. The first kappa shape index (κ1) is 17.7. The number of allylic oxidation sites excluding steroid dienone is 2. The summed E-state index contributed by atoms with van der Waals surface area (Å²) >= 11 is 0. The van der Waals surface area contributed by atoms with E-state index < -0.39 is 17.1 Å². The zero-order valence-corrected chi connectivity index (χ0v) is 15.3. The van der Waals surface area contributed by atoms with Crippen LogP contribution >= 0.6 is 0 Å². The van der Waals surface area contributed by atoms with Gasteiger partial charge in [0.05, 0.1) is 5.60 Å². The third-order valence-corrected chi connectivity index (χ3v) is 6.58. The van der Waals surface area contributed by atoms with E-state index in [4.69, 9.17) is 4.74 Å². The van der Waals surface area contributed by atoms with Gasteiger partial charge in [-0.05, 0) is 58.2 Å². The molecule has 0 aromatic carbocycles. The Hall–Kier alpha value is -1.13. The van der Waals surface area contributed by atoms with Crippen molar-refractivity contribution < 1.29 is 14.6 Å². The normalized spacial score (nSPS) is 41.8. The minimum Gasteiger partial charge on any atom is -0.482 e. The minimum absolute atomic E-state index is 0.0574. The van der Waals surface area contributed by atoms with Gasteiger partial charge in [0.15, 0.2) is 11.9 Å². The molecule has 2 bridgehead atoms. The highest BCUT2D eigenvalue weighted by molar-refractivity contribution is 5.86. The molecule has 3 fully saturated rings. The van der Waals surface area contributed by atoms with E-state index in [1.165, 1.54) is 0 Å². The largest absolute Gasteiger partial charge is 0.482 e. The van der Waals surface area contributed by atoms with Crippen molar-refractivity contribution in [2.24, 2.45) is 5.41 Å². The smallest absolute Gasteiger partial charge is 0.174 e. The van der Waals surface area contributed by atoms with Gasteiger partial charge in [-0.15, -0.1) is 0 Å². The maximum Gasteiger partial charge on any atom is 0.174 e. The molecule has 0 aromatic rings. The van der Waals surface area contributed by atoms with Gasteiger partial charge < -0.3 is 9.84 Å². The lowest BCUT2D eigenvalue weighted by Crippen LogP contribution is -2.50. The molecule has 2 saturated heterocycles. The molecule has 3 rings (SSSR count). The summed E-state index contributed by atoms with van der Waals surface area (Å²) in [5, 5.41) is 11.6. The van der Waals surface area contributed by atoms with Gasteiger partial charge in [-0.2, -0.15) is 0 Å². The van der Waals surface area contributed by atoms with Crippen LogP contribution in [0.1, 0.15) is 59.3 Å². The second kappa shape index (κ2) is 6.30. The predicted octanol–water partition coefficient (Wildman–Crippen LogP) is 3.21. The van der Waals surface area contributed by atoms with Gasteiger partial charge in [0, 0.05) is 17.9 Å². The van der Waals surface area contributed by atoms with Gasteiger partial charge in [-0.3, -0.25) is 9.69 Å². The fourth-order valence-corrected chi connectivity index (χ4v) is 5.11. The number of hydrogen-bond acceptors (Lipinski definition) is 4. The summed E-state index contributed by atoms with van der Waals surface area (Å²) in [6, 6.07) is 0.0574. The molecule has 0 amide bonds. The number of rotatable bonds is 3. The van der Waals surface area contributed by atoms with Crippen molar-refractivity contribution in [3.05, 3.63) is 24.0 Å². The first-order valence-electron chi connectivity index (χ1n) is 9.40. The van der Waals surface area contributed by atoms with E-state index in [-0.39, 0.29) is 11.8 Å². The summed E-state index contributed by atoms with van der Waals surface area (Å²) in [5.41, 5.74) is -0.231. The third-order valence-electron chi connectivity index (χ3n) is 6.58. The second-order valence-electron chi connectivity index (χ2n) is 7.84. The number of ketones is 1. The van der Waals surface area contributed by atoms with Crippen molar-refractivity contribution in [2.75, 3.05) is 13.1 Å². The Kier molecular flexibility index (Phi) is 4.65. The third kappa shape index (κ3) is 2.55. The van der Waals surface area contributed by atoms with Crippen molar-refractivity contribution >= 4 is 5.78 Å². The van der Waals surface area contributed by atoms with Crippen molar-refractivity contribution in [3.63, 3.8) is 0 Å². The summed E-state index contributed by atoms with van der Waals surface area (Å²) < 4.78 is 5.95. The van der Waals surface area contributed by atoms with Crippen molar-refractivity contribution in [1.82, 2.24) is 4.90 Å². The first-order chi connectivity index (χ1) is 11.4. The van der Waals surface area contributed by atoms with Crippen LogP contribution in [0.2, 0.25) is 0 Å². The van der Waals surface area contributed by atoms with E-state index in [9.17, 15) is 9.90 Å². The van der Waals surface area contributed by atoms with Crippen LogP contribution in [-0.4, -0.2) is 46.6 Å². The number of ether oxygens (including phenoxy) is 1. The topological polar surface area (TPSA) is 49.8 Å². The van der Waals surface area contributed by atoms with E-state index in [0.717, 1.165) is 37.9 Å². The summed E-state index contributed by atoms with van der Waals surface area (Å²) in [7, 11) is 0. The second-order valence-corrected chi connectivity index (χ2v) is 7.84. The number of carbonyl (C=O) groups is 1. The van der Waals surface area contributed by atoms with Crippen LogP contribution in [0.15, 0.2) is 24.0 Å². The van der Waals surface area contributed by atoms with Gasteiger partial charge in [0.25, 0.3) is 0 Å². The molecule has 24 heavy (non-hydrogen) atoms. The van der Waals surface area contributed by atoms with E-state index in [0.29, 0.717) is 25.0 Å². The van der Waals surface area contributed by atoms with Crippen molar-refractivity contribution in [1.29, 1.82) is 0 Å². The molecule has 0 aromatic heterocycles. The zero-order valence-electron chi connectivity index (χ0n) is 15.3. The van der Waals surface area contributed by atoms with Crippen LogP contribution in [-0.2, 0) is 9.53 Å². The molecule has 1 spiro atoms. The van der Waals surface area contributed by atoms with Gasteiger partial charge in [-0.25, -0.2) is 0 Å². The molecular weight excluding hydrogens is 302 g/mol. The number of carbonyl (C=O) groups excluding carboxylic acids is 1. The summed E-state index contributed by atoms with van der Waals surface area (Å²) in [4.78, 5) is 15.2. The average Bonchev–Trinajstić information content (AvgIpc) is 2.70. The van der Waals surface area contributed by atoms with Crippen LogP contribution < -0.4 is 0 Å². The SMILES string of the molecule is C=C1O[C@@H]2C(=O)CCC3(O)CC2(CCN(CCCC)C3C)/C1=C\C. The molecule has 1 N–H and O–H groups in total. The van der Waals surface area contributed by atoms with Gasteiger partial charge in [0.2, 0.25) is 0 Å². The average molecular weight is 333 g/mol. The Bertz CT molecular complexity index is 569. The number of fused-ring (bicyclic) bond motifs is 1. The van der Waals surface area contributed by atoms with E-state index >= 15 is 0 Å². The van der Waals surface area contributed by atoms with E-state index in [2.05, 4.69) is 25.3 Å². The Labute approximate surface area is 145 Å². The summed E-state index contributed by atoms with van der Waals surface area (Å²) in [5.74, 6) is 0.743. The monoisotopic (exact) mass is 333 g/mol. The highest BCUT2D eigenvalue weighted by Gasteiger charge is 2.61. The lowest BCUT2D eigenvalue weighted by Gasteiger charge is -2.40. The maximum absolute atomic E-state index is 12.7. The van der Waals surface area contributed by atoms with Gasteiger partial charge >= 0.3 is 0 Å². The summed E-state index contributed by atoms with van der Waals surface area (Å²) in [6.07, 6.45) is 6.21. The van der Waals surface area contributed by atoms with Crippen LogP contribution in [0.25, 0.3) is 0 Å². The Balaban J connectivity index is 2.04. The molecule has 2 heterocycles. The molecule has 1 saturated carbocycles. The quantitative estimate of drug-likeness (QED) is 0.861. The van der Waals surface area contributed by atoms with E-state index in [1.807, 2.05) is 13.0 Å². The van der Waals surface area contributed by atoms with Gasteiger partial charge in [-0.1, -0.05) is 26.0 Å². The predicted molar refractivity (Wildman–Crippen MR) is 94.6 cm³/mol. The number of nitrogens with zero attached hydrogens (tertiary/aromatic N) is 1. The van der Waals surface area contributed by atoms with Crippen LogP contribution in [0, 0.1) is 5.41 Å². The number of Topliss-reactive ketones (excluding diaryl/α,β-unsaturated/α-hetero) is 1. The van der Waals surface area contributed by atoms with Crippen LogP contribution in [0.5, 0.6) is 0 Å². The lowest BCUT2D eigenvalue weighted by atomic mass is 9.67. The fourth-order valence-electron chi connectivity index (χ4n) is 5.11. The highest BCUT2D eigenvalue weighted by Crippen LogP contribution is 2.57. The molecular formula is C20H31NO3. The lowest BCUT2D eigenvalue weighted by molar-refractivity contribution is -0.130. The van der Waals surface area contributed by atoms with Crippen LogP contribution in [0.3, 0.4) is 0 Å². The number of likely N-dealkylation sites (tertiary alicyclic amines) is 1. The Morgan fingerprint density at radius 3 is 2.88 bits per heavy atom. The highest BCUT2D eigenvalue weighted by atomic mass is 16.5. The molecule has 1 aliphatic carbocycles. The fraction of sp³-hybridized carbons (Fsp3) is 0.750. The minimum atomic E-state index is -0.850. The standard InChI is InChI=1S/C20H31NO3/c1-5-7-11-21-12-10-19-13-20(23,15(21)4)9-8-17(22)18(19)24-14(3)16(19)6-2/h6,15,18,23H,3,5,7-13H2,1-2,4H3/b16-6-/t15?,18-,19?,20?/m1/s1. The number of hydrogen-bond donors (Lipinski definition) is 1. The number of aliphatic hydroxyl groups is 1. The van der Waals surface area contributed by atoms with Gasteiger partial charge in [0.1, 0.15) is 5.76 Å². The summed E-state index contributed by atoms with van der Waals surface area (Å²) in [6.45, 7) is 12.2. The zero-order chi connectivity index (χ0) is 17.5. The molecule has 4 nitrogen and oxygen atoms in total. The molecule has 2 aliphatic heterocycles. The molecule has 3 unspecified atom stereocenters. The Morgan fingerprint density at radius 2 is 2.21 bits per heavy atom. The van der Waals surface area contributed by atoms with Crippen LogP contribution in [0.4, 0.5) is 0 Å². The van der Waals surface area contributed by atoms with Crippen molar-refractivity contribution in [3.8, 4) is 0 Å². The maximum atomic E-state index is 12.7. The molecule has 4 heteroatoms. The van der Waals surface area contributed by atoms with Crippen molar-refractivity contribution in [2.45, 2.75) is 77.0 Å². The molecule has 0 radical (unpaired) electrons. The molecule has 4 atom stereocenters. The molecule has 134 valence electrons. The first-order valence-corrected chi connectivity index (χ1v) is 9.40. The Morgan fingerprint density at radius 1 is 1.46 bits per heavy atom. The van der Waals surface area contributed by atoms with E-state index in [1.54, 1.807) is 0 Å².